The Bertz CT molecular complexity index is 749. The Labute approximate surface area is 140 Å². The molecule has 7 heteroatoms. The summed E-state index contributed by atoms with van der Waals surface area (Å²) < 4.78 is 16.0. The number of methoxy groups -OCH3 is 1. The number of hydrogen-bond donors (Lipinski definition) is 0. The molecule has 24 heavy (non-hydrogen) atoms. The zero-order chi connectivity index (χ0) is 17.7. The van der Waals surface area contributed by atoms with Gasteiger partial charge >= 0.3 is 5.69 Å². The van der Waals surface area contributed by atoms with Crippen molar-refractivity contribution >= 4 is 17.8 Å². The van der Waals surface area contributed by atoms with Gasteiger partial charge < -0.3 is 14.0 Å². The van der Waals surface area contributed by atoms with Gasteiger partial charge in [0.2, 0.25) is 5.76 Å². The normalized spacial score (nSPS) is 11.2. The van der Waals surface area contributed by atoms with Crippen LogP contribution in [0.1, 0.15) is 30.9 Å². The highest BCUT2D eigenvalue weighted by atomic mass is 16.6. The van der Waals surface area contributed by atoms with Gasteiger partial charge in [-0.2, -0.15) is 0 Å². The van der Waals surface area contributed by atoms with Crippen molar-refractivity contribution in [1.82, 2.24) is 5.16 Å². The first-order valence-corrected chi connectivity index (χ1v) is 7.52. The maximum atomic E-state index is 11.0. The van der Waals surface area contributed by atoms with Crippen molar-refractivity contribution in [2.45, 2.75) is 20.8 Å². The average molecular weight is 332 g/mol. The number of nitrogens with zero attached hydrogens (tertiary/aromatic N) is 2. The summed E-state index contributed by atoms with van der Waals surface area (Å²) in [7, 11) is 1.57. The van der Waals surface area contributed by atoms with Gasteiger partial charge in [-0.1, -0.05) is 31.1 Å². The van der Waals surface area contributed by atoms with Crippen LogP contribution >= 0.6 is 0 Å². The number of hydrogen-bond acceptors (Lipinski definition) is 6. The standard InChI is InChI=1S/C17H20N2O5/c1-11(2)10-23-14-7-5-13(9-16(14)22-4)6-8-15-17(19(20)21)12(3)18-24-15/h5-9,11H,10H2,1-4H3. The smallest absolute Gasteiger partial charge is 0.338 e. The third kappa shape index (κ3) is 4.13. The molecule has 0 N–H and O–H groups in total. The fourth-order valence-electron chi connectivity index (χ4n) is 2.05. The van der Waals surface area contributed by atoms with Gasteiger partial charge in [-0.05, 0) is 36.6 Å². The van der Waals surface area contributed by atoms with E-state index in [1.807, 2.05) is 6.07 Å². The zero-order valence-corrected chi connectivity index (χ0v) is 14.1. The van der Waals surface area contributed by atoms with E-state index in [4.69, 9.17) is 14.0 Å². The van der Waals surface area contributed by atoms with Gasteiger partial charge in [0.25, 0.3) is 0 Å². The quantitative estimate of drug-likeness (QED) is 0.560. The predicted octanol–water partition coefficient (Wildman–Crippen LogP) is 4.11. The number of benzene rings is 1. The van der Waals surface area contributed by atoms with Crippen LogP contribution in [-0.4, -0.2) is 23.8 Å². The summed E-state index contributed by atoms with van der Waals surface area (Å²) in [6.07, 6.45) is 3.21. The SMILES string of the molecule is COc1cc(C=Cc2onc(C)c2[N+](=O)[O-])ccc1OCC(C)C. The lowest BCUT2D eigenvalue weighted by Crippen LogP contribution is -2.05. The van der Waals surface area contributed by atoms with Crippen molar-refractivity contribution in [1.29, 1.82) is 0 Å². The molecular formula is C17H20N2O5. The van der Waals surface area contributed by atoms with E-state index >= 15 is 0 Å². The topological polar surface area (TPSA) is 87.6 Å². The summed E-state index contributed by atoms with van der Waals surface area (Å²) in [4.78, 5) is 10.5. The van der Waals surface area contributed by atoms with Crippen molar-refractivity contribution in [2.24, 2.45) is 5.92 Å². The molecule has 2 aromatic rings. The summed E-state index contributed by atoms with van der Waals surface area (Å²) in [6, 6.07) is 5.44. The zero-order valence-electron chi connectivity index (χ0n) is 14.1. The number of nitro groups is 1. The molecular weight excluding hydrogens is 312 g/mol. The molecule has 0 saturated carbocycles. The predicted molar refractivity (Wildman–Crippen MR) is 90.1 cm³/mol. The van der Waals surface area contributed by atoms with Gasteiger partial charge in [-0.15, -0.1) is 0 Å². The van der Waals surface area contributed by atoms with Crippen LogP contribution in [0.5, 0.6) is 11.5 Å². The Morgan fingerprint density at radius 2 is 2.08 bits per heavy atom. The average Bonchev–Trinajstić information content (AvgIpc) is 2.92. The highest BCUT2D eigenvalue weighted by molar-refractivity contribution is 5.72. The maximum Gasteiger partial charge on any atom is 0.338 e. The molecule has 0 aliphatic heterocycles. The minimum absolute atomic E-state index is 0.108. The Kier molecular flexibility index (Phi) is 5.57. The molecule has 0 aliphatic carbocycles. The van der Waals surface area contributed by atoms with Crippen LogP contribution in [-0.2, 0) is 0 Å². The monoisotopic (exact) mass is 332 g/mol. The van der Waals surface area contributed by atoms with Crippen molar-refractivity contribution in [3.8, 4) is 11.5 Å². The molecule has 7 nitrogen and oxygen atoms in total. The summed E-state index contributed by atoms with van der Waals surface area (Å²) >= 11 is 0. The molecule has 128 valence electrons. The second-order valence-corrected chi connectivity index (χ2v) is 5.69. The van der Waals surface area contributed by atoms with Crippen LogP contribution in [0.15, 0.2) is 22.7 Å². The van der Waals surface area contributed by atoms with Gasteiger partial charge in [-0.3, -0.25) is 10.1 Å². The van der Waals surface area contributed by atoms with Gasteiger partial charge in [0, 0.05) is 0 Å². The lowest BCUT2D eigenvalue weighted by Gasteiger charge is -2.12. The molecule has 0 spiro atoms. The van der Waals surface area contributed by atoms with Crippen molar-refractivity contribution < 1.29 is 18.9 Å². The molecule has 1 heterocycles. The van der Waals surface area contributed by atoms with Crippen LogP contribution in [0.4, 0.5) is 5.69 Å². The molecule has 0 unspecified atom stereocenters. The lowest BCUT2D eigenvalue weighted by molar-refractivity contribution is -0.386. The molecule has 0 aliphatic rings. The first kappa shape index (κ1) is 17.5. The molecule has 1 aromatic carbocycles. The summed E-state index contributed by atoms with van der Waals surface area (Å²) in [5.74, 6) is 1.77. The number of aromatic nitrogens is 1. The highest BCUT2D eigenvalue weighted by Crippen LogP contribution is 2.30. The van der Waals surface area contributed by atoms with Gasteiger partial charge in [0.15, 0.2) is 17.2 Å². The van der Waals surface area contributed by atoms with Crippen molar-refractivity contribution in [2.75, 3.05) is 13.7 Å². The third-order valence-electron chi connectivity index (χ3n) is 3.23. The summed E-state index contributed by atoms with van der Waals surface area (Å²) in [5, 5.41) is 14.6. The van der Waals surface area contributed by atoms with E-state index in [-0.39, 0.29) is 17.1 Å². The fraction of sp³-hybridized carbons (Fsp3) is 0.353. The van der Waals surface area contributed by atoms with Gasteiger partial charge in [0.05, 0.1) is 18.6 Å². The molecule has 0 fully saturated rings. The minimum atomic E-state index is -0.505. The van der Waals surface area contributed by atoms with Crippen LogP contribution in [0.25, 0.3) is 12.2 Å². The van der Waals surface area contributed by atoms with E-state index < -0.39 is 4.92 Å². The maximum absolute atomic E-state index is 11.0. The lowest BCUT2D eigenvalue weighted by atomic mass is 10.1. The highest BCUT2D eigenvalue weighted by Gasteiger charge is 2.21. The Hall–Kier alpha value is -2.83. The Balaban J connectivity index is 2.23. The minimum Gasteiger partial charge on any atom is -0.493 e. The molecule has 0 radical (unpaired) electrons. The van der Waals surface area contributed by atoms with Crippen LogP contribution in [0, 0.1) is 23.0 Å². The van der Waals surface area contributed by atoms with E-state index in [0.717, 1.165) is 5.56 Å². The molecule has 2 rings (SSSR count). The second kappa shape index (κ2) is 7.63. The van der Waals surface area contributed by atoms with E-state index in [1.165, 1.54) is 13.0 Å². The van der Waals surface area contributed by atoms with Crippen LogP contribution in [0.2, 0.25) is 0 Å². The van der Waals surface area contributed by atoms with Crippen LogP contribution < -0.4 is 9.47 Å². The summed E-state index contributed by atoms with van der Waals surface area (Å²) in [5.41, 5.74) is 0.914. The Morgan fingerprint density at radius 3 is 2.71 bits per heavy atom. The van der Waals surface area contributed by atoms with Gasteiger partial charge in [0.1, 0.15) is 0 Å². The molecule has 0 atom stereocenters. The van der Waals surface area contributed by atoms with E-state index in [2.05, 4.69) is 19.0 Å². The largest absolute Gasteiger partial charge is 0.493 e. The first-order valence-electron chi connectivity index (χ1n) is 7.52. The Morgan fingerprint density at radius 1 is 1.33 bits per heavy atom. The van der Waals surface area contributed by atoms with Crippen LogP contribution in [0.3, 0.4) is 0 Å². The fourth-order valence-corrected chi connectivity index (χ4v) is 2.05. The number of ether oxygens (including phenoxy) is 2. The second-order valence-electron chi connectivity index (χ2n) is 5.69. The van der Waals surface area contributed by atoms with E-state index in [0.29, 0.717) is 24.0 Å². The first-order chi connectivity index (χ1) is 11.4. The molecule has 0 amide bonds. The molecule has 0 saturated heterocycles. The third-order valence-corrected chi connectivity index (χ3v) is 3.23. The number of aryl methyl sites for hydroxylation is 1. The van der Waals surface area contributed by atoms with Crippen molar-refractivity contribution in [3.05, 3.63) is 45.3 Å². The van der Waals surface area contributed by atoms with E-state index in [1.54, 1.807) is 25.3 Å². The summed E-state index contributed by atoms with van der Waals surface area (Å²) in [6.45, 7) is 6.25. The van der Waals surface area contributed by atoms with E-state index in [9.17, 15) is 10.1 Å². The molecule has 0 bridgehead atoms. The van der Waals surface area contributed by atoms with Crippen molar-refractivity contribution in [3.63, 3.8) is 0 Å². The van der Waals surface area contributed by atoms with Gasteiger partial charge in [-0.25, -0.2) is 0 Å². The molecule has 1 aromatic heterocycles. The number of rotatable bonds is 7.